The molecule has 0 atom stereocenters. The summed E-state index contributed by atoms with van der Waals surface area (Å²) >= 11 is 0. The zero-order chi connectivity index (χ0) is 15.4. The molecule has 4 nitrogen and oxygen atoms in total. The Morgan fingerprint density at radius 1 is 1.24 bits per heavy atom. The molecule has 21 heavy (non-hydrogen) atoms. The van der Waals surface area contributed by atoms with E-state index in [1.54, 1.807) is 19.2 Å². The van der Waals surface area contributed by atoms with Crippen LogP contribution in [-0.4, -0.2) is 22.8 Å². The predicted molar refractivity (Wildman–Crippen MR) is 75.2 cm³/mol. The van der Waals surface area contributed by atoms with Gasteiger partial charge in [-0.05, 0) is 29.8 Å². The van der Waals surface area contributed by atoms with Crippen LogP contribution in [0.25, 0.3) is 0 Å². The maximum atomic E-state index is 13.1. The zero-order valence-corrected chi connectivity index (χ0v) is 11.5. The average molecular weight is 291 g/mol. The van der Waals surface area contributed by atoms with Crippen LogP contribution in [0.5, 0.6) is 0 Å². The number of halogens is 2. The van der Waals surface area contributed by atoms with Gasteiger partial charge in [0.2, 0.25) is 5.91 Å². The molecule has 0 radical (unpaired) electrons. The molecular formula is C15H15F2N3O. The van der Waals surface area contributed by atoms with Crippen molar-refractivity contribution in [3.8, 4) is 0 Å². The van der Waals surface area contributed by atoms with Gasteiger partial charge in [0.05, 0.1) is 18.3 Å². The Labute approximate surface area is 121 Å². The zero-order valence-electron chi connectivity index (χ0n) is 11.5. The summed E-state index contributed by atoms with van der Waals surface area (Å²) in [7, 11) is 1.60. The molecule has 0 bridgehead atoms. The summed E-state index contributed by atoms with van der Waals surface area (Å²) < 4.78 is 26.0. The largest absolute Gasteiger partial charge is 0.397 e. The van der Waals surface area contributed by atoms with Crippen LogP contribution in [0.2, 0.25) is 0 Å². The van der Waals surface area contributed by atoms with Gasteiger partial charge in [-0.2, -0.15) is 0 Å². The van der Waals surface area contributed by atoms with E-state index in [2.05, 4.69) is 4.98 Å². The summed E-state index contributed by atoms with van der Waals surface area (Å²) in [6.07, 6.45) is 1.61. The normalized spacial score (nSPS) is 10.4. The molecule has 0 spiro atoms. The fourth-order valence-corrected chi connectivity index (χ4v) is 1.83. The molecule has 0 fully saturated rings. The Balaban J connectivity index is 1.98. The topological polar surface area (TPSA) is 59.2 Å². The highest BCUT2D eigenvalue weighted by Gasteiger charge is 2.12. The first kappa shape index (κ1) is 14.9. The standard InChI is InChI=1S/C15H15F2N3O/c1-20(9-10-2-5-13(16)14(17)6-10)15(21)7-12-4-3-11(18)8-19-12/h2-6,8H,7,9,18H2,1H3. The third-order valence-electron chi connectivity index (χ3n) is 3.01. The fourth-order valence-electron chi connectivity index (χ4n) is 1.83. The first-order valence-electron chi connectivity index (χ1n) is 6.34. The van der Waals surface area contributed by atoms with Crippen molar-refractivity contribution in [2.75, 3.05) is 12.8 Å². The number of rotatable bonds is 4. The lowest BCUT2D eigenvalue weighted by atomic mass is 10.2. The SMILES string of the molecule is CN(Cc1ccc(F)c(F)c1)C(=O)Cc1ccc(N)cn1. The first-order chi connectivity index (χ1) is 9.95. The number of anilines is 1. The van der Waals surface area contributed by atoms with Gasteiger partial charge in [-0.3, -0.25) is 9.78 Å². The van der Waals surface area contributed by atoms with Crippen LogP contribution in [-0.2, 0) is 17.8 Å². The highest BCUT2D eigenvalue weighted by Crippen LogP contribution is 2.11. The minimum absolute atomic E-state index is 0.125. The molecule has 2 aromatic rings. The molecule has 1 aromatic carbocycles. The van der Waals surface area contributed by atoms with Crippen LogP contribution in [0.4, 0.5) is 14.5 Å². The molecule has 1 amide bonds. The van der Waals surface area contributed by atoms with Crippen molar-refractivity contribution in [1.82, 2.24) is 9.88 Å². The minimum atomic E-state index is -0.923. The molecule has 110 valence electrons. The van der Waals surface area contributed by atoms with Crippen molar-refractivity contribution in [2.24, 2.45) is 0 Å². The number of pyridine rings is 1. The molecule has 2 N–H and O–H groups in total. The van der Waals surface area contributed by atoms with Crippen LogP contribution in [0, 0.1) is 11.6 Å². The fraction of sp³-hybridized carbons (Fsp3) is 0.200. The van der Waals surface area contributed by atoms with E-state index >= 15 is 0 Å². The van der Waals surface area contributed by atoms with Gasteiger partial charge in [-0.1, -0.05) is 6.07 Å². The number of benzene rings is 1. The number of carbonyl (C=O) groups excluding carboxylic acids is 1. The van der Waals surface area contributed by atoms with E-state index < -0.39 is 11.6 Å². The maximum absolute atomic E-state index is 13.1. The molecule has 1 aromatic heterocycles. The Kier molecular flexibility index (Phi) is 4.47. The Hall–Kier alpha value is -2.50. The van der Waals surface area contributed by atoms with Gasteiger partial charge < -0.3 is 10.6 Å². The average Bonchev–Trinajstić information content (AvgIpc) is 2.45. The van der Waals surface area contributed by atoms with E-state index in [1.165, 1.54) is 17.2 Å². The van der Waals surface area contributed by atoms with Gasteiger partial charge in [0, 0.05) is 19.3 Å². The van der Waals surface area contributed by atoms with Gasteiger partial charge in [0.15, 0.2) is 11.6 Å². The quantitative estimate of drug-likeness (QED) is 0.939. The van der Waals surface area contributed by atoms with E-state index in [-0.39, 0.29) is 18.9 Å². The summed E-state index contributed by atoms with van der Waals surface area (Å²) in [5, 5.41) is 0. The van der Waals surface area contributed by atoms with Gasteiger partial charge in [-0.25, -0.2) is 8.78 Å². The maximum Gasteiger partial charge on any atom is 0.228 e. The number of hydrogen-bond acceptors (Lipinski definition) is 3. The number of carbonyl (C=O) groups is 1. The molecule has 0 saturated carbocycles. The van der Waals surface area contributed by atoms with Crippen molar-refractivity contribution in [1.29, 1.82) is 0 Å². The van der Waals surface area contributed by atoms with Crippen molar-refractivity contribution in [3.63, 3.8) is 0 Å². The molecule has 0 saturated heterocycles. The molecule has 6 heteroatoms. The van der Waals surface area contributed by atoms with Gasteiger partial charge >= 0.3 is 0 Å². The molecule has 0 aliphatic heterocycles. The molecule has 0 aliphatic carbocycles. The number of nitrogens with zero attached hydrogens (tertiary/aromatic N) is 2. The van der Waals surface area contributed by atoms with E-state index in [9.17, 15) is 13.6 Å². The summed E-state index contributed by atoms with van der Waals surface area (Å²) in [4.78, 5) is 17.5. The number of aromatic nitrogens is 1. The van der Waals surface area contributed by atoms with Gasteiger partial charge in [0.25, 0.3) is 0 Å². The van der Waals surface area contributed by atoms with Crippen molar-refractivity contribution in [2.45, 2.75) is 13.0 Å². The number of likely N-dealkylation sites (N-methyl/N-ethyl adjacent to an activating group) is 1. The number of nitrogens with two attached hydrogens (primary N) is 1. The van der Waals surface area contributed by atoms with Crippen molar-refractivity contribution >= 4 is 11.6 Å². The number of hydrogen-bond donors (Lipinski definition) is 1. The molecule has 0 aliphatic rings. The Morgan fingerprint density at radius 2 is 2.00 bits per heavy atom. The van der Waals surface area contributed by atoms with Gasteiger partial charge in [0.1, 0.15) is 0 Å². The second-order valence-electron chi connectivity index (χ2n) is 4.76. The van der Waals surface area contributed by atoms with E-state index in [0.29, 0.717) is 16.9 Å². The van der Waals surface area contributed by atoms with E-state index in [1.807, 2.05) is 0 Å². The predicted octanol–water partition coefficient (Wildman–Crippen LogP) is 2.14. The number of amides is 1. The summed E-state index contributed by atoms with van der Waals surface area (Å²) in [6.45, 7) is 0.199. The van der Waals surface area contributed by atoms with Gasteiger partial charge in [-0.15, -0.1) is 0 Å². The van der Waals surface area contributed by atoms with Crippen LogP contribution in [0.15, 0.2) is 36.5 Å². The highest BCUT2D eigenvalue weighted by atomic mass is 19.2. The van der Waals surface area contributed by atoms with Crippen molar-refractivity contribution in [3.05, 3.63) is 59.4 Å². The summed E-state index contributed by atoms with van der Waals surface area (Å²) in [5.74, 6) is -2.00. The van der Waals surface area contributed by atoms with Crippen LogP contribution >= 0.6 is 0 Å². The smallest absolute Gasteiger partial charge is 0.228 e. The third kappa shape index (κ3) is 3.98. The first-order valence-corrected chi connectivity index (χ1v) is 6.34. The van der Waals surface area contributed by atoms with E-state index in [0.717, 1.165) is 12.1 Å². The minimum Gasteiger partial charge on any atom is -0.397 e. The summed E-state index contributed by atoms with van der Waals surface area (Å²) in [5.41, 5.74) is 7.18. The highest BCUT2D eigenvalue weighted by molar-refractivity contribution is 5.78. The third-order valence-corrected chi connectivity index (χ3v) is 3.01. The monoisotopic (exact) mass is 291 g/mol. The van der Waals surface area contributed by atoms with E-state index in [4.69, 9.17) is 5.73 Å². The second-order valence-corrected chi connectivity index (χ2v) is 4.76. The second kappa shape index (κ2) is 6.30. The Bertz CT molecular complexity index is 644. The molecule has 2 rings (SSSR count). The van der Waals surface area contributed by atoms with Crippen LogP contribution in [0.3, 0.4) is 0 Å². The van der Waals surface area contributed by atoms with Crippen molar-refractivity contribution < 1.29 is 13.6 Å². The molecular weight excluding hydrogens is 276 g/mol. The lowest BCUT2D eigenvalue weighted by molar-refractivity contribution is -0.129. The summed E-state index contributed by atoms with van der Waals surface area (Å²) in [6, 6.07) is 6.93. The molecule has 0 unspecified atom stereocenters. The van der Waals surface area contributed by atoms with Crippen LogP contribution < -0.4 is 5.73 Å². The number of nitrogen functional groups attached to an aromatic ring is 1. The lowest BCUT2D eigenvalue weighted by Crippen LogP contribution is -2.28. The molecule has 1 heterocycles. The van der Waals surface area contributed by atoms with Crippen LogP contribution in [0.1, 0.15) is 11.3 Å². The lowest BCUT2D eigenvalue weighted by Gasteiger charge is -2.17. The Morgan fingerprint density at radius 3 is 2.62 bits per heavy atom.